The third-order valence-electron chi connectivity index (χ3n) is 4.39. The van der Waals surface area contributed by atoms with Crippen molar-refractivity contribution in [2.24, 2.45) is 0 Å². The number of fused-ring (bicyclic) bond motifs is 1. The summed E-state index contributed by atoms with van der Waals surface area (Å²) in [5.41, 5.74) is 5.77. The Kier molecular flexibility index (Phi) is 4.26. The number of nitrogens with one attached hydrogen (secondary N) is 1. The highest BCUT2D eigenvalue weighted by Gasteiger charge is 2.11. The van der Waals surface area contributed by atoms with E-state index in [1.807, 2.05) is 12.1 Å². The SMILES string of the molecule is COc1ccc(C(C)NCc2ccc3c(c2)CCC3)cc1. The van der Waals surface area contributed by atoms with Crippen molar-refractivity contribution in [2.75, 3.05) is 7.11 Å². The van der Waals surface area contributed by atoms with E-state index in [1.165, 1.54) is 30.4 Å². The summed E-state index contributed by atoms with van der Waals surface area (Å²) < 4.78 is 5.20. The van der Waals surface area contributed by atoms with Gasteiger partial charge >= 0.3 is 0 Å². The number of hydrogen-bond donors (Lipinski definition) is 1. The molecule has 0 spiro atoms. The van der Waals surface area contributed by atoms with Crippen molar-refractivity contribution >= 4 is 0 Å². The summed E-state index contributed by atoms with van der Waals surface area (Å²) in [7, 11) is 1.70. The standard InChI is InChI=1S/C19H23NO/c1-14(16-8-10-19(21-2)11-9-16)20-13-15-6-7-17-4-3-5-18(17)12-15/h6-12,14,20H,3-5,13H2,1-2H3. The average molecular weight is 281 g/mol. The monoisotopic (exact) mass is 281 g/mol. The zero-order valence-electron chi connectivity index (χ0n) is 12.9. The summed E-state index contributed by atoms with van der Waals surface area (Å²) in [6.45, 7) is 3.12. The van der Waals surface area contributed by atoms with Crippen LogP contribution in [0.5, 0.6) is 5.75 Å². The van der Waals surface area contributed by atoms with Crippen molar-refractivity contribution in [3.8, 4) is 5.75 Å². The van der Waals surface area contributed by atoms with Crippen LogP contribution in [0.1, 0.15) is 41.6 Å². The van der Waals surface area contributed by atoms with Crippen molar-refractivity contribution in [1.29, 1.82) is 0 Å². The Morgan fingerprint density at radius 3 is 2.57 bits per heavy atom. The molecule has 0 radical (unpaired) electrons. The maximum absolute atomic E-state index is 5.20. The summed E-state index contributed by atoms with van der Waals surface area (Å²) in [6, 6.07) is 15.6. The Bertz CT molecular complexity index is 603. The molecular weight excluding hydrogens is 258 g/mol. The Morgan fingerprint density at radius 2 is 1.81 bits per heavy atom. The first-order chi connectivity index (χ1) is 10.3. The van der Waals surface area contributed by atoms with E-state index in [0.717, 1.165) is 12.3 Å². The van der Waals surface area contributed by atoms with Crippen molar-refractivity contribution in [2.45, 2.75) is 38.8 Å². The first-order valence-electron chi connectivity index (χ1n) is 7.74. The van der Waals surface area contributed by atoms with Gasteiger partial charge in [0, 0.05) is 12.6 Å². The lowest BCUT2D eigenvalue weighted by Gasteiger charge is -2.15. The molecule has 0 saturated carbocycles. The molecule has 0 aromatic heterocycles. The van der Waals surface area contributed by atoms with Gasteiger partial charge in [-0.05, 0) is 60.6 Å². The van der Waals surface area contributed by atoms with Gasteiger partial charge in [0.2, 0.25) is 0 Å². The maximum Gasteiger partial charge on any atom is 0.118 e. The van der Waals surface area contributed by atoms with Crippen LogP contribution in [-0.4, -0.2) is 7.11 Å². The Morgan fingerprint density at radius 1 is 1.05 bits per heavy atom. The quantitative estimate of drug-likeness (QED) is 0.893. The molecule has 0 amide bonds. The fourth-order valence-electron chi connectivity index (χ4n) is 3.02. The van der Waals surface area contributed by atoms with E-state index in [1.54, 1.807) is 18.2 Å². The molecule has 2 aromatic rings. The summed E-state index contributed by atoms with van der Waals surface area (Å²) >= 11 is 0. The van der Waals surface area contributed by atoms with Gasteiger partial charge in [-0.1, -0.05) is 30.3 Å². The summed E-state index contributed by atoms with van der Waals surface area (Å²) in [5.74, 6) is 0.907. The molecule has 21 heavy (non-hydrogen) atoms. The lowest BCUT2D eigenvalue weighted by Crippen LogP contribution is -2.18. The van der Waals surface area contributed by atoms with Gasteiger partial charge in [-0.2, -0.15) is 0 Å². The van der Waals surface area contributed by atoms with Crippen LogP contribution in [0.4, 0.5) is 0 Å². The van der Waals surface area contributed by atoms with Crippen LogP contribution in [0.25, 0.3) is 0 Å². The molecule has 1 unspecified atom stereocenters. The third-order valence-corrected chi connectivity index (χ3v) is 4.39. The zero-order chi connectivity index (χ0) is 14.7. The van der Waals surface area contributed by atoms with Gasteiger partial charge in [0.1, 0.15) is 5.75 Å². The van der Waals surface area contributed by atoms with Gasteiger partial charge in [0.25, 0.3) is 0 Å². The average Bonchev–Trinajstić information content (AvgIpc) is 3.00. The van der Waals surface area contributed by atoms with Crippen LogP contribution in [-0.2, 0) is 19.4 Å². The lowest BCUT2D eigenvalue weighted by molar-refractivity contribution is 0.414. The molecule has 1 atom stereocenters. The molecule has 0 aliphatic heterocycles. The van der Waals surface area contributed by atoms with Crippen LogP contribution in [0.3, 0.4) is 0 Å². The van der Waals surface area contributed by atoms with Crippen LogP contribution in [0, 0.1) is 0 Å². The first-order valence-corrected chi connectivity index (χ1v) is 7.74. The van der Waals surface area contributed by atoms with E-state index < -0.39 is 0 Å². The Balaban J connectivity index is 1.61. The van der Waals surface area contributed by atoms with Crippen molar-refractivity contribution < 1.29 is 4.74 Å². The summed E-state index contributed by atoms with van der Waals surface area (Å²) in [4.78, 5) is 0. The predicted octanol–water partition coefficient (Wildman–Crippen LogP) is 4.03. The first kappa shape index (κ1) is 14.2. The third kappa shape index (κ3) is 3.27. The minimum atomic E-state index is 0.337. The summed E-state index contributed by atoms with van der Waals surface area (Å²) in [6.07, 6.45) is 3.82. The molecule has 2 aromatic carbocycles. The van der Waals surface area contributed by atoms with Gasteiger partial charge in [-0.15, -0.1) is 0 Å². The van der Waals surface area contributed by atoms with E-state index in [0.29, 0.717) is 6.04 Å². The minimum Gasteiger partial charge on any atom is -0.497 e. The van der Waals surface area contributed by atoms with E-state index in [2.05, 4.69) is 42.6 Å². The lowest BCUT2D eigenvalue weighted by atomic mass is 10.1. The molecule has 1 aliphatic rings. The molecular formula is C19H23NO. The number of ether oxygens (including phenoxy) is 1. The highest BCUT2D eigenvalue weighted by atomic mass is 16.5. The number of benzene rings is 2. The molecule has 0 saturated heterocycles. The van der Waals surface area contributed by atoms with Gasteiger partial charge in [0.05, 0.1) is 7.11 Å². The molecule has 0 bridgehead atoms. The minimum absolute atomic E-state index is 0.337. The van der Waals surface area contributed by atoms with Gasteiger partial charge < -0.3 is 10.1 Å². The number of rotatable bonds is 5. The molecule has 2 heteroatoms. The topological polar surface area (TPSA) is 21.3 Å². The second kappa shape index (κ2) is 6.31. The zero-order valence-corrected chi connectivity index (χ0v) is 12.9. The smallest absolute Gasteiger partial charge is 0.118 e. The number of methoxy groups -OCH3 is 1. The normalized spacial score (nSPS) is 14.8. The van der Waals surface area contributed by atoms with Crippen LogP contribution in [0.2, 0.25) is 0 Å². The van der Waals surface area contributed by atoms with Gasteiger partial charge in [-0.25, -0.2) is 0 Å². The molecule has 3 rings (SSSR count). The summed E-state index contributed by atoms with van der Waals surface area (Å²) in [5, 5.41) is 3.60. The van der Waals surface area contributed by atoms with E-state index in [-0.39, 0.29) is 0 Å². The molecule has 1 N–H and O–H groups in total. The highest BCUT2D eigenvalue weighted by Crippen LogP contribution is 2.23. The second-order valence-electron chi connectivity index (χ2n) is 5.83. The molecule has 110 valence electrons. The molecule has 1 aliphatic carbocycles. The maximum atomic E-state index is 5.20. The number of hydrogen-bond acceptors (Lipinski definition) is 2. The van der Waals surface area contributed by atoms with Gasteiger partial charge in [-0.3, -0.25) is 0 Å². The Hall–Kier alpha value is -1.80. The largest absolute Gasteiger partial charge is 0.497 e. The van der Waals surface area contributed by atoms with Crippen LogP contribution < -0.4 is 10.1 Å². The molecule has 0 heterocycles. The predicted molar refractivity (Wildman–Crippen MR) is 86.7 cm³/mol. The van der Waals surface area contributed by atoms with E-state index >= 15 is 0 Å². The fourth-order valence-corrected chi connectivity index (χ4v) is 3.02. The Labute approximate surface area is 127 Å². The fraction of sp³-hybridized carbons (Fsp3) is 0.368. The van der Waals surface area contributed by atoms with Crippen molar-refractivity contribution in [1.82, 2.24) is 5.32 Å². The van der Waals surface area contributed by atoms with Gasteiger partial charge in [0.15, 0.2) is 0 Å². The van der Waals surface area contributed by atoms with Crippen molar-refractivity contribution in [3.63, 3.8) is 0 Å². The molecule has 2 nitrogen and oxygen atoms in total. The van der Waals surface area contributed by atoms with Crippen molar-refractivity contribution in [3.05, 3.63) is 64.7 Å². The second-order valence-corrected chi connectivity index (χ2v) is 5.83. The van der Waals surface area contributed by atoms with Crippen LogP contribution in [0.15, 0.2) is 42.5 Å². The number of aryl methyl sites for hydroxylation is 2. The highest BCUT2D eigenvalue weighted by molar-refractivity contribution is 5.35. The van der Waals surface area contributed by atoms with Crippen LogP contribution >= 0.6 is 0 Å². The molecule has 0 fully saturated rings. The van der Waals surface area contributed by atoms with E-state index in [4.69, 9.17) is 4.74 Å². The van der Waals surface area contributed by atoms with E-state index in [9.17, 15) is 0 Å².